The number of anilines is 1. The molecule has 2 aromatic carbocycles. The summed E-state index contributed by atoms with van der Waals surface area (Å²) >= 11 is 0. The van der Waals surface area contributed by atoms with E-state index in [9.17, 15) is 0 Å². The second-order valence-electron chi connectivity index (χ2n) is 5.73. The van der Waals surface area contributed by atoms with E-state index < -0.39 is 0 Å². The molecule has 116 valence electrons. The Morgan fingerprint density at radius 1 is 0.913 bits per heavy atom. The number of hydrogen-bond donors (Lipinski definition) is 1. The van der Waals surface area contributed by atoms with Crippen molar-refractivity contribution in [2.75, 3.05) is 5.43 Å². The van der Waals surface area contributed by atoms with Crippen LogP contribution in [0.2, 0.25) is 0 Å². The fraction of sp³-hybridized carbons (Fsp3) is 0.150. The molecule has 23 heavy (non-hydrogen) atoms. The molecule has 0 aliphatic rings. The van der Waals surface area contributed by atoms with E-state index in [0.29, 0.717) is 0 Å². The molecule has 1 aromatic heterocycles. The van der Waals surface area contributed by atoms with Crippen LogP contribution in [0.15, 0.2) is 65.8 Å². The molecule has 0 radical (unpaired) electrons. The van der Waals surface area contributed by atoms with Crippen LogP contribution in [0.3, 0.4) is 0 Å². The van der Waals surface area contributed by atoms with E-state index in [0.717, 1.165) is 11.3 Å². The summed E-state index contributed by atoms with van der Waals surface area (Å²) in [7, 11) is 0. The summed E-state index contributed by atoms with van der Waals surface area (Å²) < 4.78 is 2.25. The molecule has 3 rings (SSSR count). The molecular formula is C20H21N3. The van der Waals surface area contributed by atoms with E-state index in [2.05, 4.69) is 66.2 Å². The second kappa shape index (κ2) is 6.53. The highest BCUT2D eigenvalue weighted by atomic mass is 15.3. The van der Waals surface area contributed by atoms with Crippen molar-refractivity contribution >= 4 is 11.9 Å². The average molecular weight is 303 g/mol. The minimum atomic E-state index is 0.982. The lowest BCUT2D eigenvalue weighted by molar-refractivity contribution is 0.964. The number of aromatic nitrogens is 1. The van der Waals surface area contributed by atoms with Crippen LogP contribution in [0.1, 0.15) is 22.5 Å². The van der Waals surface area contributed by atoms with Gasteiger partial charge in [-0.3, -0.25) is 5.43 Å². The van der Waals surface area contributed by atoms with Crippen LogP contribution in [-0.2, 0) is 0 Å². The lowest BCUT2D eigenvalue weighted by atomic mass is 10.2. The highest BCUT2D eigenvalue weighted by molar-refractivity contribution is 5.82. The number of nitrogens with one attached hydrogen (secondary N) is 1. The Hall–Kier alpha value is -2.81. The van der Waals surface area contributed by atoms with E-state index in [-0.39, 0.29) is 0 Å². The van der Waals surface area contributed by atoms with Crippen LogP contribution in [0, 0.1) is 20.8 Å². The number of nitrogens with zero attached hydrogens (tertiary/aromatic N) is 2. The Bertz CT molecular complexity index is 812. The number of para-hydroxylation sites is 1. The van der Waals surface area contributed by atoms with E-state index in [1.54, 1.807) is 0 Å². The quantitative estimate of drug-likeness (QED) is 0.542. The van der Waals surface area contributed by atoms with Gasteiger partial charge in [-0.1, -0.05) is 35.9 Å². The fourth-order valence-corrected chi connectivity index (χ4v) is 2.70. The van der Waals surface area contributed by atoms with Crippen LogP contribution >= 0.6 is 0 Å². The molecule has 0 atom stereocenters. The largest absolute Gasteiger partial charge is 0.318 e. The van der Waals surface area contributed by atoms with Gasteiger partial charge in [0, 0.05) is 22.6 Å². The van der Waals surface area contributed by atoms with Crippen molar-refractivity contribution in [3.63, 3.8) is 0 Å². The highest BCUT2D eigenvalue weighted by Crippen LogP contribution is 2.20. The van der Waals surface area contributed by atoms with E-state index >= 15 is 0 Å². The number of rotatable bonds is 4. The predicted octanol–water partition coefficient (Wildman–Crippen LogP) is 4.85. The molecule has 0 aliphatic heterocycles. The van der Waals surface area contributed by atoms with Crippen LogP contribution in [0.25, 0.3) is 5.69 Å². The fourth-order valence-electron chi connectivity index (χ4n) is 2.70. The molecule has 0 aliphatic carbocycles. The summed E-state index contributed by atoms with van der Waals surface area (Å²) in [6.45, 7) is 6.35. The number of hydrazone groups is 1. The van der Waals surface area contributed by atoms with E-state index in [1.807, 2.05) is 36.5 Å². The first kappa shape index (κ1) is 15.1. The summed E-state index contributed by atoms with van der Waals surface area (Å²) in [5.41, 5.74) is 9.99. The summed E-state index contributed by atoms with van der Waals surface area (Å²) in [5, 5.41) is 4.35. The lowest BCUT2D eigenvalue weighted by Crippen LogP contribution is -1.99. The van der Waals surface area contributed by atoms with Crippen molar-refractivity contribution in [2.24, 2.45) is 5.10 Å². The zero-order valence-corrected chi connectivity index (χ0v) is 13.7. The van der Waals surface area contributed by atoms with Crippen LogP contribution in [0.5, 0.6) is 0 Å². The predicted molar refractivity (Wildman–Crippen MR) is 97.6 cm³/mol. The van der Waals surface area contributed by atoms with Crippen molar-refractivity contribution in [3.05, 3.63) is 83.2 Å². The standard InChI is InChI=1S/C20H21N3/c1-15-9-11-20(12-10-15)23-16(2)13-18(17(23)3)14-21-22-19-7-5-4-6-8-19/h4-14,22H,1-3H3/b21-14-. The normalized spacial score (nSPS) is 11.1. The van der Waals surface area contributed by atoms with Gasteiger partial charge in [0.05, 0.1) is 11.9 Å². The van der Waals surface area contributed by atoms with Gasteiger partial charge in [-0.2, -0.15) is 5.10 Å². The average Bonchev–Trinajstić information content (AvgIpc) is 2.84. The third-order valence-electron chi connectivity index (χ3n) is 3.93. The Kier molecular flexibility index (Phi) is 4.29. The molecule has 0 spiro atoms. The summed E-state index contributed by atoms with van der Waals surface area (Å²) in [6.07, 6.45) is 1.88. The maximum Gasteiger partial charge on any atom is 0.0562 e. The van der Waals surface area contributed by atoms with Crippen molar-refractivity contribution in [2.45, 2.75) is 20.8 Å². The molecule has 1 heterocycles. The Labute approximate surface area is 137 Å². The van der Waals surface area contributed by atoms with Gasteiger partial charge >= 0.3 is 0 Å². The van der Waals surface area contributed by atoms with Gasteiger partial charge in [-0.05, 0) is 51.1 Å². The Morgan fingerprint density at radius 2 is 1.61 bits per heavy atom. The molecule has 0 saturated heterocycles. The monoisotopic (exact) mass is 303 g/mol. The first-order chi connectivity index (χ1) is 11.1. The van der Waals surface area contributed by atoms with Crippen molar-refractivity contribution in [1.82, 2.24) is 4.57 Å². The molecule has 0 unspecified atom stereocenters. The zero-order chi connectivity index (χ0) is 16.2. The Balaban J connectivity index is 1.84. The molecule has 3 heteroatoms. The molecule has 1 N–H and O–H groups in total. The van der Waals surface area contributed by atoms with E-state index in [1.165, 1.54) is 22.6 Å². The number of benzene rings is 2. The van der Waals surface area contributed by atoms with Crippen molar-refractivity contribution < 1.29 is 0 Å². The molecule has 3 nitrogen and oxygen atoms in total. The molecule has 0 bridgehead atoms. The molecular weight excluding hydrogens is 282 g/mol. The SMILES string of the molecule is Cc1ccc(-n2c(C)cc(/C=N\Nc3ccccc3)c2C)cc1. The van der Waals surface area contributed by atoms with Gasteiger partial charge in [-0.15, -0.1) is 0 Å². The molecule has 0 saturated carbocycles. The molecule has 0 fully saturated rings. The first-order valence-electron chi connectivity index (χ1n) is 7.75. The lowest BCUT2D eigenvalue weighted by Gasteiger charge is -2.09. The third-order valence-corrected chi connectivity index (χ3v) is 3.93. The highest BCUT2D eigenvalue weighted by Gasteiger charge is 2.09. The van der Waals surface area contributed by atoms with Crippen molar-refractivity contribution in [3.8, 4) is 5.69 Å². The van der Waals surface area contributed by atoms with Crippen LogP contribution in [-0.4, -0.2) is 10.8 Å². The van der Waals surface area contributed by atoms with Gasteiger partial charge < -0.3 is 4.57 Å². The topological polar surface area (TPSA) is 29.3 Å². The minimum absolute atomic E-state index is 0.982. The van der Waals surface area contributed by atoms with E-state index in [4.69, 9.17) is 0 Å². The smallest absolute Gasteiger partial charge is 0.0562 e. The number of hydrogen-bond acceptors (Lipinski definition) is 2. The molecule has 3 aromatic rings. The summed E-state index contributed by atoms with van der Waals surface area (Å²) in [4.78, 5) is 0. The Morgan fingerprint density at radius 3 is 2.30 bits per heavy atom. The maximum absolute atomic E-state index is 4.35. The van der Waals surface area contributed by atoms with Gasteiger partial charge in [-0.25, -0.2) is 0 Å². The zero-order valence-electron chi connectivity index (χ0n) is 13.7. The second-order valence-corrected chi connectivity index (χ2v) is 5.73. The van der Waals surface area contributed by atoms with Gasteiger partial charge in [0.25, 0.3) is 0 Å². The van der Waals surface area contributed by atoms with Crippen LogP contribution < -0.4 is 5.43 Å². The third kappa shape index (κ3) is 3.34. The first-order valence-corrected chi connectivity index (χ1v) is 7.75. The van der Waals surface area contributed by atoms with Gasteiger partial charge in [0.15, 0.2) is 0 Å². The summed E-state index contributed by atoms with van der Waals surface area (Å²) in [6, 6.07) is 20.7. The van der Waals surface area contributed by atoms with Gasteiger partial charge in [0.2, 0.25) is 0 Å². The van der Waals surface area contributed by atoms with Crippen LogP contribution in [0.4, 0.5) is 5.69 Å². The van der Waals surface area contributed by atoms with Gasteiger partial charge in [0.1, 0.15) is 0 Å². The maximum atomic E-state index is 4.35. The summed E-state index contributed by atoms with van der Waals surface area (Å²) in [5.74, 6) is 0. The minimum Gasteiger partial charge on any atom is -0.318 e. The van der Waals surface area contributed by atoms with Crippen molar-refractivity contribution in [1.29, 1.82) is 0 Å². The molecule has 0 amide bonds. The number of aryl methyl sites for hydroxylation is 2.